The number of hydrogen-bond donors (Lipinski definition) is 1. The standard InChI is InChI=1S/C25H27F2N3O3S/c1-15-6-5-9-20(16(15)2)28-22(31)14-34-25-29-21-8-4-3-7-19(21)23(32)30(25)17-10-12-18(13-11-17)33-24(26)27/h3-4,7-8,10-13,15-16,20,24H,5-6,9,14H2,1-2H3,(H,28,31). The van der Waals surface area contributed by atoms with Gasteiger partial charge in [0, 0.05) is 6.04 Å². The summed E-state index contributed by atoms with van der Waals surface area (Å²) in [5.74, 6) is 0.967. The minimum atomic E-state index is -2.93. The number of thioether (sulfide) groups is 1. The van der Waals surface area contributed by atoms with Crippen LogP contribution in [0.3, 0.4) is 0 Å². The number of hydrogen-bond acceptors (Lipinski definition) is 5. The molecule has 2 aromatic carbocycles. The molecule has 0 radical (unpaired) electrons. The molecule has 3 unspecified atom stereocenters. The first-order chi connectivity index (χ1) is 16.3. The molecule has 1 heterocycles. The van der Waals surface area contributed by atoms with Gasteiger partial charge in [-0.3, -0.25) is 14.2 Å². The number of alkyl halides is 2. The molecule has 1 amide bonds. The van der Waals surface area contributed by atoms with Gasteiger partial charge in [-0.05, 0) is 54.7 Å². The number of halogens is 2. The van der Waals surface area contributed by atoms with Crippen molar-refractivity contribution in [3.8, 4) is 11.4 Å². The molecule has 9 heteroatoms. The molecule has 1 aliphatic rings. The van der Waals surface area contributed by atoms with Gasteiger partial charge in [-0.15, -0.1) is 0 Å². The molecule has 180 valence electrons. The van der Waals surface area contributed by atoms with Crippen LogP contribution in [0.4, 0.5) is 8.78 Å². The lowest BCUT2D eigenvalue weighted by atomic mass is 9.78. The number of rotatable bonds is 7. The van der Waals surface area contributed by atoms with E-state index in [1.807, 2.05) is 0 Å². The molecule has 1 N–H and O–H groups in total. The summed E-state index contributed by atoms with van der Waals surface area (Å²) in [4.78, 5) is 30.7. The average molecular weight is 488 g/mol. The van der Waals surface area contributed by atoms with Gasteiger partial charge in [-0.1, -0.05) is 50.6 Å². The van der Waals surface area contributed by atoms with Crippen LogP contribution in [0.1, 0.15) is 33.1 Å². The van der Waals surface area contributed by atoms with Crippen molar-refractivity contribution in [2.45, 2.75) is 50.9 Å². The quantitative estimate of drug-likeness (QED) is 0.374. The molecule has 6 nitrogen and oxygen atoms in total. The molecule has 4 rings (SSSR count). The Hall–Kier alpha value is -2.94. The van der Waals surface area contributed by atoms with Gasteiger partial charge in [0.2, 0.25) is 5.91 Å². The summed E-state index contributed by atoms with van der Waals surface area (Å²) in [5.41, 5.74) is 0.673. The predicted molar refractivity (Wildman–Crippen MR) is 129 cm³/mol. The second kappa shape index (κ2) is 10.5. The third-order valence-corrected chi connectivity index (χ3v) is 7.39. The van der Waals surface area contributed by atoms with Gasteiger partial charge in [0.05, 0.1) is 22.3 Å². The minimum absolute atomic E-state index is 0.00930. The van der Waals surface area contributed by atoms with E-state index < -0.39 is 6.61 Å². The lowest BCUT2D eigenvalue weighted by Gasteiger charge is -2.34. The van der Waals surface area contributed by atoms with Crippen molar-refractivity contribution in [2.24, 2.45) is 11.8 Å². The lowest BCUT2D eigenvalue weighted by molar-refractivity contribution is -0.120. The van der Waals surface area contributed by atoms with Crippen molar-refractivity contribution in [1.29, 1.82) is 0 Å². The number of amides is 1. The van der Waals surface area contributed by atoms with Gasteiger partial charge in [-0.25, -0.2) is 4.98 Å². The number of carbonyl (C=O) groups excluding carboxylic acids is 1. The second-order valence-corrected chi connectivity index (χ2v) is 9.60. The van der Waals surface area contributed by atoms with Crippen LogP contribution < -0.4 is 15.6 Å². The number of para-hydroxylation sites is 1. The van der Waals surface area contributed by atoms with Crippen molar-refractivity contribution in [3.05, 3.63) is 58.9 Å². The average Bonchev–Trinajstić information content (AvgIpc) is 2.81. The summed E-state index contributed by atoms with van der Waals surface area (Å²) in [6.07, 6.45) is 3.24. The Morgan fingerprint density at radius 1 is 1.18 bits per heavy atom. The Bertz CT molecular complexity index is 1220. The highest BCUT2D eigenvalue weighted by Crippen LogP contribution is 2.30. The van der Waals surface area contributed by atoms with Crippen LogP contribution >= 0.6 is 11.8 Å². The molecule has 0 aliphatic heterocycles. The molecule has 1 saturated carbocycles. The summed E-state index contributed by atoms with van der Waals surface area (Å²) in [5, 5.41) is 3.92. The summed E-state index contributed by atoms with van der Waals surface area (Å²) in [6, 6.07) is 12.9. The Balaban J connectivity index is 1.60. The molecule has 1 aromatic heterocycles. The van der Waals surface area contributed by atoms with Gasteiger partial charge in [0.15, 0.2) is 5.16 Å². The molecule has 1 fully saturated rings. The summed E-state index contributed by atoms with van der Waals surface area (Å²) < 4.78 is 30.8. The molecule has 3 atom stereocenters. The normalized spacial score (nSPS) is 20.4. The first-order valence-corrected chi connectivity index (χ1v) is 12.3. The van der Waals surface area contributed by atoms with E-state index in [2.05, 4.69) is 28.9 Å². The van der Waals surface area contributed by atoms with Gasteiger partial charge < -0.3 is 10.1 Å². The first kappa shape index (κ1) is 24.2. The van der Waals surface area contributed by atoms with E-state index in [1.54, 1.807) is 24.3 Å². The zero-order valence-corrected chi connectivity index (χ0v) is 19.9. The number of carbonyl (C=O) groups is 1. The second-order valence-electron chi connectivity index (χ2n) is 8.65. The lowest BCUT2D eigenvalue weighted by Crippen LogP contribution is -2.44. The molecule has 1 aliphatic carbocycles. The topological polar surface area (TPSA) is 73.2 Å². The molecule has 0 spiro atoms. The van der Waals surface area contributed by atoms with Crippen LogP contribution in [-0.4, -0.2) is 33.9 Å². The van der Waals surface area contributed by atoms with E-state index in [1.165, 1.54) is 47.0 Å². The highest BCUT2D eigenvalue weighted by molar-refractivity contribution is 7.99. The Kier molecular flexibility index (Phi) is 7.50. The minimum Gasteiger partial charge on any atom is -0.435 e. The summed E-state index contributed by atoms with van der Waals surface area (Å²) in [6.45, 7) is 1.45. The maximum Gasteiger partial charge on any atom is 0.387 e. The maximum absolute atomic E-state index is 13.3. The van der Waals surface area contributed by atoms with Crippen LogP contribution in [-0.2, 0) is 4.79 Å². The Morgan fingerprint density at radius 3 is 2.65 bits per heavy atom. The zero-order valence-electron chi connectivity index (χ0n) is 19.0. The van der Waals surface area contributed by atoms with E-state index in [0.29, 0.717) is 33.6 Å². The van der Waals surface area contributed by atoms with Crippen LogP contribution in [0.5, 0.6) is 5.75 Å². The summed E-state index contributed by atoms with van der Waals surface area (Å²) >= 11 is 1.17. The van der Waals surface area contributed by atoms with Crippen molar-refractivity contribution in [2.75, 3.05) is 5.75 Å². The van der Waals surface area contributed by atoms with Gasteiger partial charge in [-0.2, -0.15) is 8.78 Å². The number of ether oxygens (including phenoxy) is 1. The fraction of sp³-hybridized carbons (Fsp3) is 0.400. The Morgan fingerprint density at radius 2 is 1.91 bits per heavy atom. The molecule has 34 heavy (non-hydrogen) atoms. The number of nitrogens with zero attached hydrogens (tertiary/aromatic N) is 2. The highest BCUT2D eigenvalue weighted by atomic mass is 32.2. The van der Waals surface area contributed by atoms with Crippen molar-refractivity contribution in [3.63, 3.8) is 0 Å². The number of aromatic nitrogens is 2. The maximum atomic E-state index is 13.3. The largest absolute Gasteiger partial charge is 0.435 e. The van der Waals surface area contributed by atoms with E-state index in [9.17, 15) is 18.4 Å². The molecule has 3 aromatic rings. The van der Waals surface area contributed by atoms with Crippen molar-refractivity contribution >= 4 is 28.6 Å². The van der Waals surface area contributed by atoms with Crippen molar-refractivity contribution in [1.82, 2.24) is 14.9 Å². The number of benzene rings is 2. The van der Waals surface area contributed by atoms with Gasteiger partial charge in [0.1, 0.15) is 5.75 Å². The van der Waals surface area contributed by atoms with Crippen LogP contribution in [0.25, 0.3) is 16.6 Å². The molecular weight excluding hydrogens is 460 g/mol. The predicted octanol–water partition coefficient (Wildman–Crippen LogP) is 5.02. The van der Waals surface area contributed by atoms with E-state index in [4.69, 9.17) is 0 Å². The molecule has 0 bridgehead atoms. The fourth-order valence-electron chi connectivity index (χ4n) is 4.38. The van der Waals surface area contributed by atoms with E-state index in [-0.39, 0.29) is 29.0 Å². The number of fused-ring (bicyclic) bond motifs is 1. The van der Waals surface area contributed by atoms with Gasteiger partial charge in [0.25, 0.3) is 5.56 Å². The third-order valence-electron chi connectivity index (χ3n) is 6.45. The van der Waals surface area contributed by atoms with Crippen LogP contribution in [0.2, 0.25) is 0 Å². The van der Waals surface area contributed by atoms with Crippen molar-refractivity contribution < 1.29 is 18.3 Å². The highest BCUT2D eigenvalue weighted by Gasteiger charge is 2.28. The SMILES string of the molecule is CC1CCCC(NC(=O)CSc2nc3ccccc3c(=O)n2-c2ccc(OC(F)F)cc2)C1C. The molecule has 0 saturated heterocycles. The Labute approximate surface area is 200 Å². The van der Waals surface area contributed by atoms with Gasteiger partial charge >= 0.3 is 6.61 Å². The summed E-state index contributed by atoms with van der Waals surface area (Å²) in [7, 11) is 0. The third kappa shape index (κ3) is 5.41. The van der Waals surface area contributed by atoms with E-state index in [0.717, 1.165) is 12.8 Å². The molecular formula is C25H27F2N3O3S. The monoisotopic (exact) mass is 487 g/mol. The first-order valence-electron chi connectivity index (χ1n) is 11.3. The smallest absolute Gasteiger partial charge is 0.387 e. The van der Waals surface area contributed by atoms with Crippen LogP contribution in [0, 0.1) is 11.8 Å². The fourth-order valence-corrected chi connectivity index (χ4v) is 5.20. The van der Waals surface area contributed by atoms with E-state index >= 15 is 0 Å². The zero-order chi connectivity index (χ0) is 24.2. The number of nitrogens with one attached hydrogen (secondary N) is 1. The van der Waals surface area contributed by atoms with Crippen LogP contribution in [0.15, 0.2) is 58.5 Å².